The number of nitrogens with zero attached hydrogens (tertiary/aromatic N) is 2. The van der Waals surface area contributed by atoms with Crippen molar-refractivity contribution in [3.8, 4) is 5.75 Å². The molecule has 4 aromatic rings. The largest absolute Gasteiger partial charge is 0.497 e. The maximum atomic E-state index is 13.1. The number of carbonyl (C=O) groups excluding carboxylic acids is 1. The maximum Gasteiger partial charge on any atom is 0.262 e. The highest BCUT2D eigenvalue weighted by Gasteiger charge is 2.14. The van der Waals surface area contributed by atoms with Crippen LogP contribution >= 0.6 is 11.8 Å². The first kappa shape index (κ1) is 20.7. The Hall–Kier alpha value is -3.58. The van der Waals surface area contributed by atoms with Crippen LogP contribution in [0.5, 0.6) is 5.75 Å². The lowest BCUT2D eigenvalue weighted by Crippen LogP contribution is -2.24. The molecular formula is C24H21N3O3S. The Kier molecular flexibility index (Phi) is 6.33. The molecule has 4 rings (SSSR count). The second-order valence-electron chi connectivity index (χ2n) is 6.85. The van der Waals surface area contributed by atoms with Crippen molar-refractivity contribution in [1.29, 1.82) is 0 Å². The van der Waals surface area contributed by atoms with Crippen LogP contribution in [0.15, 0.2) is 88.8 Å². The van der Waals surface area contributed by atoms with Crippen molar-refractivity contribution in [2.24, 2.45) is 0 Å². The number of nitrogens with one attached hydrogen (secondary N) is 1. The van der Waals surface area contributed by atoms with Gasteiger partial charge in [0.1, 0.15) is 5.75 Å². The van der Waals surface area contributed by atoms with Crippen LogP contribution in [0, 0.1) is 0 Å². The molecule has 0 bridgehead atoms. The van der Waals surface area contributed by atoms with E-state index in [9.17, 15) is 9.59 Å². The number of aromatic nitrogens is 2. The Morgan fingerprint density at radius 2 is 1.71 bits per heavy atom. The smallest absolute Gasteiger partial charge is 0.262 e. The van der Waals surface area contributed by atoms with E-state index in [4.69, 9.17) is 4.74 Å². The van der Waals surface area contributed by atoms with Gasteiger partial charge in [-0.1, -0.05) is 54.2 Å². The van der Waals surface area contributed by atoms with Gasteiger partial charge in [0.15, 0.2) is 5.16 Å². The summed E-state index contributed by atoms with van der Waals surface area (Å²) in [5.41, 5.74) is 2.17. The molecule has 1 heterocycles. The zero-order valence-corrected chi connectivity index (χ0v) is 17.8. The van der Waals surface area contributed by atoms with Gasteiger partial charge in [-0.25, -0.2) is 4.98 Å². The molecule has 1 aromatic heterocycles. The minimum atomic E-state index is -0.177. The number of para-hydroxylation sites is 1. The number of fused-ring (bicyclic) bond motifs is 1. The van der Waals surface area contributed by atoms with Crippen LogP contribution in [-0.4, -0.2) is 28.3 Å². The molecule has 1 amide bonds. The highest BCUT2D eigenvalue weighted by atomic mass is 32.2. The number of rotatable bonds is 7. The summed E-state index contributed by atoms with van der Waals surface area (Å²) in [4.78, 5) is 30.3. The fraction of sp³-hybridized carbons (Fsp3) is 0.125. The van der Waals surface area contributed by atoms with Gasteiger partial charge in [0.05, 0.1) is 30.3 Å². The lowest BCUT2D eigenvalue weighted by atomic mass is 10.2. The number of anilines is 1. The summed E-state index contributed by atoms with van der Waals surface area (Å²) in [5.74, 6) is 0.674. The molecule has 0 unspecified atom stereocenters. The highest BCUT2D eigenvalue weighted by Crippen LogP contribution is 2.20. The van der Waals surface area contributed by atoms with Gasteiger partial charge in [0, 0.05) is 5.69 Å². The number of hydrogen-bond donors (Lipinski definition) is 1. The number of thioether (sulfide) groups is 1. The fourth-order valence-electron chi connectivity index (χ4n) is 3.16. The second kappa shape index (κ2) is 9.49. The summed E-state index contributed by atoms with van der Waals surface area (Å²) >= 11 is 1.25. The van der Waals surface area contributed by atoms with Crippen molar-refractivity contribution >= 4 is 34.3 Å². The lowest BCUT2D eigenvalue weighted by Gasteiger charge is -2.13. The molecule has 7 heteroatoms. The van der Waals surface area contributed by atoms with E-state index >= 15 is 0 Å². The van der Waals surface area contributed by atoms with Gasteiger partial charge in [0.25, 0.3) is 5.56 Å². The normalized spacial score (nSPS) is 10.7. The molecule has 0 aliphatic carbocycles. The van der Waals surface area contributed by atoms with Crippen LogP contribution in [0.4, 0.5) is 5.69 Å². The van der Waals surface area contributed by atoms with Gasteiger partial charge < -0.3 is 10.1 Å². The van der Waals surface area contributed by atoms with Crippen LogP contribution in [0.2, 0.25) is 0 Å². The van der Waals surface area contributed by atoms with Crippen molar-refractivity contribution in [2.75, 3.05) is 18.2 Å². The van der Waals surface area contributed by atoms with Gasteiger partial charge in [0.2, 0.25) is 5.91 Å². The van der Waals surface area contributed by atoms with Crippen molar-refractivity contribution in [1.82, 2.24) is 9.55 Å². The lowest BCUT2D eigenvalue weighted by molar-refractivity contribution is -0.113. The van der Waals surface area contributed by atoms with Crippen molar-refractivity contribution in [3.05, 3.63) is 94.8 Å². The summed E-state index contributed by atoms with van der Waals surface area (Å²) in [7, 11) is 1.59. The van der Waals surface area contributed by atoms with Crippen molar-refractivity contribution < 1.29 is 9.53 Å². The third-order valence-electron chi connectivity index (χ3n) is 4.72. The monoisotopic (exact) mass is 431 g/mol. The van der Waals surface area contributed by atoms with Crippen LogP contribution in [0.3, 0.4) is 0 Å². The molecule has 0 atom stereocenters. The third kappa shape index (κ3) is 4.95. The van der Waals surface area contributed by atoms with E-state index in [0.717, 1.165) is 11.3 Å². The van der Waals surface area contributed by atoms with Crippen LogP contribution in [0.1, 0.15) is 5.56 Å². The standard InChI is InChI=1S/C24H21N3O3S/c1-30-19-13-11-18(12-14-19)25-22(28)16-31-24-26-21-10-6-5-9-20(21)23(29)27(24)15-17-7-3-2-4-8-17/h2-14H,15-16H2,1H3,(H,25,28). The summed E-state index contributed by atoms with van der Waals surface area (Å²) in [6.07, 6.45) is 0. The molecule has 31 heavy (non-hydrogen) atoms. The molecular weight excluding hydrogens is 410 g/mol. The molecule has 1 N–H and O–H groups in total. The summed E-state index contributed by atoms with van der Waals surface area (Å²) in [5, 5.41) is 3.93. The van der Waals surface area contributed by atoms with Gasteiger partial charge in [-0.2, -0.15) is 0 Å². The molecule has 0 spiro atoms. The van der Waals surface area contributed by atoms with Crippen LogP contribution in [-0.2, 0) is 11.3 Å². The molecule has 0 saturated heterocycles. The molecule has 0 saturated carbocycles. The van der Waals surface area contributed by atoms with Crippen molar-refractivity contribution in [3.63, 3.8) is 0 Å². The summed E-state index contributed by atoms with van der Waals surface area (Å²) in [6, 6.07) is 24.1. The summed E-state index contributed by atoms with van der Waals surface area (Å²) in [6.45, 7) is 0.389. The number of ether oxygens (including phenoxy) is 1. The molecule has 156 valence electrons. The number of hydrogen-bond acceptors (Lipinski definition) is 5. The maximum absolute atomic E-state index is 13.1. The van der Waals surface area contributed by atoms with Gasteiger partial charge in [-0.3, -0.25) is 14.2 Å². The predicted molar refractivity (Wildman–Crippen MR) is 124 cm³/mol. The quantitative estimate of drug-likeness (QED) is 0.351. The number of carbonyl (C=O) groups is 1. The van der Waals surface area contributed by atoms with Crippen molar-refractivity contribution in [2.45, 2.75) is 11.7 Å². The van der Waals surface area contributed by atoms with E-state index in [2.05, 4.69) is 10.3 Å². The van der Waals surface area contributed by atoms with E-state index in [1.165, 1.54) is 11.8 Å². The zero-order valence-electron chi connectivity index (χ0n) is 16.9. The van der Waals surface area contributed by atoms with Crippen LogP contribution < -0.4 is 15.6 Å². The highest BCUT2D eigenvalue weighted by molar-refractivity contribution is 7.99. The second-order valence-corrected chi connectivity index (χ2v) is 7.80. The van der Waals surface area contributed by atoms with Gasteiger partial charge >= 0.3 is 0 Å². The van der Waals surface area contributed by atoms with E-state index in [1.807, 2.05) is 48.5 Å². The summed E-state index contributed by atoms with van der Waals surface area (Å²) < 4.78 is 6.76. The van der Waals surface area contributed by atoms with E-state index in [0.29, 0.717) is 28.3 Å². The Labute approximate surface area is 183 Å². The molecule has 0 fully saturated rings. The number of methoxy groups -OCH3 is 1. The topological polar surface area (TPSA) is 73.2 Å². The Bertz CT molecular complexity index is 1250. The van der Waals surface area contributed by atoms with E-state index in [1.54, 1.807) is 42.0 Å². The Morgan fingerprint density at radius 1 is 1.00 bits per heavy atom. The zero-order chi connectivity index (χ0) is 21.6. The van der Waals surface area contributed by atoms with Gasteiger partial charge in [-0.15, -0.1) is 0 Å². The number of amides is 1. The number of benzene rings is 3. The van der Waals surface area contributed by atoms with E-state index in [-0.39, 0.29) is 17.2 Å². The van der Waals surface area contributed by atoms with E-state index < -0.39 is 0 Å². The third-order valence-corrected chi connectivity index (χ3v) is 5.69. The molecule has 6 nitrogen and oxygen atoms in total. The SMILES string of the molecule is COc1ccc(NC(=O)CSc2nc3ccccc3c(=O)n2Cc2ccccc2)cc1. The Morgan fingerprint density at radius 3 is 2.45 bits per heavy atom. The molecule has 0 radical (unpaired) electrons. The Balaban J connectivity index is 1.57. The first-order valence-corrected chi connectivity index (χ1v) is 10.7. The minimum absolute atomic E-state index is 0.118. The first-order chi connectivity index (χ1) is 15.1. The fourth-order valence-corrected chi connectivity index (χ4v) is 3.96. The van der Waals surface area contributed by atoms with Gasteiger partial charge in [-0.05, 0) is 42.0 Å². The molecule has 0 aliphatic rings. The molecule has 0 aliphatic heterocycles. The first-order valence-electron chi connectivity index (χ1n) is 9.74. The average Bonchev–Trinajstić information content (AvgIpc) is 2.81. The average molecular weight is 432 g/mol. The predicted octanol–water partition coefficient (Wildman–Crippen LogP) is 4.18. The molecule has 3 aromatic carbocycles. The minimum Gasteiger partial charge on any atom is -0.497 e. The van der Waals surface area contributed by atoms with Crippen LogP contribution in [0.25, 0.3) is 10.9 Å².